The van der Waals surface area contributed by atoms with Gasteiger partial charge in [-0.3, -0.25) is 15.1 Å². The van der Waals surface area contributed by atoms with Gasteiger partial charge in [0.2, 0.25) is 5.91 Å². The molecule has 12 heteroatoms. The summed E-state index contributed by atoms with van der Waals surface area (Å²) in [5.41, 5.74) is 0.699. The zero-order chi connectivity index (χ0) is 26.6. The van der Waals surface area contributed by atoms with Crippen molar-refractivity contribution in [2.75, 3.05) is 45.3 Å². The van der Waals surface area contributed by atoms with E-state index in [2.05, 4.69) is 20.9 Å². The molecule has 0 fully saturated rings. The number of benzene rings is 1. The number of hydrogen-bond donors (Lipinski definition) is 4. The normalized spacial score (nSPS) is 11.9. The van der Waals surface area contributed by atoms with Gasteiger partial charge in [-0.05, 0) is 36.4 Å². The summed E-state index contributed by atoms with van der Waals surface area (Å²) in [6.07, 6.45) is 2.59. The van der Waals surface area contributed by atoms with Crippen LogP contribution in [0.4, 0.5) is 5.69 Å². The molecule has 0 bridgehead atoms. The predicted molar refractivity (Wildman–Crippen MR) is 140 cm³/mol. The molecule has 1 unspecified atom stereocenters. The number of amides is 1. The van der Waals surface area contributed by atoms with E-state index < -0.39 is 17.9 Å². The number of rotatable bonds is 15. The molecule has 2 aromatic heterocycles. The fourth-order valence-corrected chi connectivity index (χ4v) is 3.70. The number of aromatic nitrogens is 1. The molecule has 4 N–H and O–H groups in total. The summed E-state index contributed by atoms with van der Waals surface area (Å²) < 4.78 is 16.3. The lowest BCUT2D eigenvalue weighted by atomic mass is 10.2. The number of nitrogens with zero attached hydrogens (tertiary/aromatic N) is 1. The number of anilines is 1. The minimum atomic E-state index is -1.19. The van der Waals surface area contributed by atoms with Crippen LogP contribution in [0.3, 0.4) is 0 Å². The molecule has 198 valence electrons. The van der Waals surface area contributed by atoms with Crippen molar-refractivity contribution in [1.82, 2.24) is 15.6 Å². The fourth-order valence-electron chi connectivity index (χ4n) is 3.31. The van der Waals surface area contributed by atoms with Crippen molar-refractivity contribution in [2.45, 2.75) is 12.6 Å². The van der Waals surface area contributed by atoms with E-state index in [1.165, 1.54) is 18.5 Å². The Labute approximate surface area is 224 Å². The number of aromatic carboxylic acids is 1. The molecule has 1 aromatic carbocycles. The van der Waals surface area contributed by atoms with Crippen LogP contribution in [0.15, 0.2) is 53.2 Å². The zero-order valence-electron chi connectivity index (χ0n) is 20.1. The Hall–Kier alpha value is -2.99. The molecule has 0 saturated heterocycles. The summed E-state index contributed by atoms with van der Waals surface area (Å²) >= 11 is 12.4. The van der Waals surface area contributed by atoms with Crippen molar-refractivity contribution in [1.29, 1.82) is 0 Å². The number of carbonyl (C=O) groups is 2. The summed E-state index contributed by atoms with van der Waals surface area (Å²) in [7, 11) is 1.60. The summed E-state index contributed by atoms with van der Waals surface area (Å²) in [4.78, 5) is 28.4. The standard InChI is InChI=1S/C25H28Cl2N4O6/c1-35-10-11-36-9-8-29-15-22(24(32)31-21-6-7-28-14-19(21)25(33)34)30-13-17-3-5-23(37-17)18-12-16(26)2-4-20(18)27/h2-7,12,14,22,29-30H,8-11,13,15H2,1H3,(H,33,34)(H,28,31,32). The maximum absolute atomic E-state index is 13.1. The van der Waals surface area contributed by atoms with Gasteiger partial charge in [0, 0.05) is 43.2 Å². The molecule has 0 saturated carbocycles. The molecule has 1 atom stereocenters. The lowest BCUT2D eigenvalue weighted by Crippen LogP contribution is -2.47. The van der Waals surface area contributed by atoms with E-state index in [0.29, 0.717) is 53.5 Å². The van der Waals surface area contributed by atoms with Crippen LogP contribution in [-0.4, -0.2) is 68.0 Å². The third-order valence-corrected chi connectivity index (χ3v) is 5.77. The number of furan rings is 1. The van der Waals surface area contributed by atoms with Gasteiger partial charge in [0.25, 0.3) is 0 Å². The van der Waals surface area contributed by atoms with E-state index in [1.807, 2.05) is 0 Å². The minimum absolute atomic E-state index is 0.108. The maximum atomic E-state index is 13.1. The number of methoxy groups -OCH3 is 1. The SMILES string of the molecule is COCCOCCNCC(NCc1ccc(-c2cc(Cl)ccc2Cl)o1)C(=O)Nc1ccncc1C(=O)O. The highest BCUT2D eigenvalue weighted by Gasteiger charge is 2.21. The lowest BCUT2D eigenvalue weighted by Gasteiger charge is -2.19. The molecule has 37 heavy (non-hydrogen) atoms. The highest BCUT2D eigenvalue weighted by molar-refractivity contribution is 6.35. The first-order valence-electron chi connectivity index (χ1n) is 11.4. The van der Waals surface area contributed by atoms with Crippen molar-refractivity contribution in [3.8, 4) is 11.3 Å². The number of hydrogen-bond acceptors (Lipinski definition) is 8. The van der Waals surface area contributed by atoms with Crippen LogP contribution >= 0.6 is 23.2 Å². The predicted octanol–water partition coefficient (Wildman–Crippen LogP) is 3.70. The Morgan fingerprint density at radius 1 is 1.14 bits per heavy atom. The second-order valence-corrected chi connectivity index (χ2v) is 8.69. The summed E-state index contributed by atoms with van der Waals surface area (Å²) in [6.45, 7) is 2.38. The number of carboxylic acids is 1. The van der Waals surface area contributed by atoms with Crippen LogP contribution < -0.4 is 16.0 Å². The van der Waals surface area contributed by atoms with Crippen molar-refractivity contribution in [2.24, 2.45) is 0 Å². The van der Waals surface area contributed by atoms with Crippen molar-refractivity contribution in [3.63, 3.8) is 0 Å². The molecule has 0 aliphatic carbocycles. The Bertz CT molecular complexity index is 1190. The van der Waals surface area contributed by atoms with Gasteiger partial charge in [-0.2, -0.15) is 0 Å². The van der Waals surface area contributed by atoms with Gasteiger partial charge in [0.1, 0.15) is 17.1 Å². The van der Waals surface area contributed by atoms with Crippen LogP contribution in [-0.2, 0) is 20.8 Å². The number of carboxylic acid groups (broad SMARTS) is 1. The van der Waals surface area contributed by atoms with Crippen molar-refractivity contribution < 1.29 is 28.6 Å². The van der Waals surface area contributed by atoms with Gasteiger partial charge in [0.15, 0.2) is 0 Å². The molecule has 0 radical (unpaired) electrons. The molecule has 0 spiro atoms. The first kappa shape index (κ1) is 28.6. The summed E-state index contributed by atoms with van der Waals surface area (Å²) in [5.74, 6) is -0.505. The average molecular weight is 551 g/mol. The Balaban J connectivity index is 1.65. The number of carbonyl (C=O) groups excluding carboxylic acids is 1. The molecule has 3 aromatic rings. The lowest BCUT2D eigenvalue weighted by molar-refractivity contribution is -0.118. The van der Waals surface area contributed by atoms with E-state index in [0.717, 1.165) is 0 Å². The molecular formula is C25H28Cl2N4O6. The van der Waals surface area contributed by atoms with Gasteiger partial charge in [-0.15, -0.1) is 0 Å². The molecule has 3 rings (SSSR count). The second-order valence-electron chi connectivity index (χ2n) is 7.85. The van der Waals surface area contributed by atoms with Crippen LogP contribution in [0.2, 0.25) is 10.0 Å². The Morgan fingerprint density at radius 3 is 2.76 bits per heavy atom. The van der Waals surface area contributed by atoms with E-state index in [-0.39, 0.29) is 24.3 Å². The van der Waals surface area contributed by atoms with Crippen LogP contribution in [0, 0.1) is 0 Å². The third kappa shape index (κ3) is 8.81. The summed E-state index contributed by atoms with van der Waals surface area (Å²) in [6, 6.07) is 9.35. The maximum Gasteiger partial charge on any atom is 0.339 e. The number of halogens is 2. The number of pyridine rings is 1. The van der Waals surface area contributed by atoms with Gasteiger partial charge < -0.3 is 29.6 Å². The van der Waals surface area contributed by atoms with Crippen LogP contribution in [0.25, 0.3) is 11.3 Å². The highest BCUT2D eigenvalue weighted by atomic mass is 35.5. The molecule has 1 amide bonds. The summed E-state index contributed by atoms with van der Waals surface area (Å²) in [5, 5.41) is 19.4. The van der Waals surface area contributed by atoms with Crippen LogP contribution in [0.5, 0.6) is 0 Å². The topological polar surface area (TPSA) is 135 Å². The minimum Gasteiger partial charge on any atom is -0.478 e. The Kier molecular flexibility index (Phi) is 11.3. The monoisotopic (exact) mass is 550 g/mol. The average Bonchev–Trinajstić information content (AvgIpc) is 3.35. The van der Waals surface area contributed by atoms with Gasteiger partial charge in [0.05, 0.1) is 43.1 Å². The van der Waals surface area contributed by atoms with Gasteiger partial charge in [-0.1, -0.05) is 23.2 Å². The second kappa shape index (κ2) is 14.7. The Morgan fingerprint density at radius 2 is 1.97 bits per heavy atom. The molecule has 0 aliphatic heterocycles. The first-order chi connectivity index (χ1) is 17.9. The van der Waals surface area contributed by atoms with Crippen LogP contribution in [0.1, 0.15) is 16.1 Å². The number of ether oxygens (including phenoxy) is 2. The third-order valence-electron chi connectivity index (χ3n) is 5.21. The number of nitrogens with one attached hydrogen (secondary N) is 3. The van der Waals surface area contributed by atoms with E-state index >= 15 is 0 Å². The fraction of sp³-hybridized carbons (Fsp3) is 0.320. The van der Waals surface area contributed by atoms with Crippen molar-refractivity contribution >= 4 is 40.8 Å². The van der Waals surface area contributed by atoms with E-state index in [9.17, 15) is 14.7 Å². The molecule has 0 aliphatic rings. The van der Waals surface area contributed by atoms with Gasteiger partial charge in [-0.25, -0.2) is 4.79 Å². The molecular weight excluding hydrogens is 523 g/mol. The van der Waals surface area contributed by atoms with Gasteiger partial charge >= 0.3 is 5.97 Å². The van der Waals surface area contributed by atoms with E-state index in [1.54, 1.807) is 37.4 Å². The zero-order valence-corrected chi connectivity index (χ0v) is 21.6. The highest BCUT2D eigenvalue weighted by Crippen LogP contribution is 2.31. The quantitative estimate of drug-likeness (QED) is 0.209. The first-order valence-corrected chi connectivity index (χ1v) is 12.2. The van der Waals surface area contributed by atoms with E-state index in [4.69, 9.17) is 37.1 Å². The largest absolute Gasteiger partial charge is 0.478 e. The molecule has 2 heterocycles. The smallest absolute Gasteiger partial charge is 0.339 e. The molecule has 10 nitrogen and oxygen atoms in total. The van der Waals surface area contributed by atoms with Crippen molar-refractivity contribution in [3.05, 3.63) is 70.2 Å².